The van der Waals surface area contributed by atoms with E-state index in [4.69, 9.17) is 0 Å². The van der Waals surface area contributed by atoms with Gasteiger partial charge in [-0.2, -0.15) is 0 Å². The van der Waals surface area contributed by atoms with Gasteiger partial charge in [0.25, 0.3) is 0 Å². The van der Waals surface area contributed by atoms with E-state index >= 15 is 0 Å². The molecule has 0 aromatic carbocycles. The van der Waals surface area contributed by atoms with Crippen LogP contribution in [0, 0.1) is 0 Å². The molecule has 0 unspecified atom stereocenters. The summed E-state index contributed by atoms with van der Waals surface area (Å²) in [6.45, 7) is 8.54. The number of hydrogen-bond donors (Lipinski definition) is 0. The summed E-state index contributed by atoms with van der Waals surface area (Å²) in [7, 11) is 0. The lowest BCUT2D eigenvalue weighted by Crippen LogP contribution is -1.83. The minimum atomic E-state index is 1.16. The minimum Gasteiger partial charge on any atom is -0.0999 e. The van der Waals surface area contributed by atoms with Gasteiger partial charge in [-0.05, 0) is 19.3 Å². The molecular formula is C16H32. The van der Waals surface area contributed by atoms with Gasteiger partial charge in [-0.3, -0.25) is 0 Å². The van der Waals surface area contributed by atoms with Crippen molar-refractivity contribution < 1.29 is 0 Å². The van der Waals surface area contributed by atoms with Crippen LogP contribution in [-0.2, 0) is 0 Å². The lowest BCUT2D eigenvalue weighted by molar-refractivity contribution is 0.555. The summed E-state index contributed by atoms with van der Waals surface area (Å²) in [6, 6.07) is 0. The first-order chi connectivity index (χ1) is 7.81. The topological polar surface area (TPSA) is 0 Å². The number of unbranched alkanes of at least 4 members (excludes halogenated alkanes) is 9. The van der Waals surface area contributed by atoms with Gasteiger partial charge in [0.05, 0.1) is 0 Å². The predicted octanol–water partition coefficient (Wildman–Crippen LogP) is 6.26. The predicted molar refractivity (Wildman–Crippen MR) is 75.9 cm³/mol. The monoisotopic (exact) mass is 224 g/mol. The summed E-state index contributed by atoms with van der Waals surface area (Å²) >= 11 is 0. The van der Waals surface area contributed by atoms with Crippen LogP contribution in [0.4, 0.5) is 0 Å². The first kappa shape index (κ1) is 15.7. The molecule has 0 bridgehead atoms. The first-order valence-corrected chi connectivity index (χ1v) is 7.47. The lowest BCUT2D eigenvalue weighted by Gasteiger charge is -2.03. The van der Waals surface area contributed by atoms with Gasteiger partial charge in [0.1, 0.15) is 0 Å². The average Bonchev–Trinajstić information content (AvgIpc) is 2.31. The zero-order valence-electron chi connectivity index (χ0n) is 11.7. The summed E-state index contributed by atoms with van der Waals surface area (Å²) in [5.74, 6) is 0. The standard InChI is InChI=1S/C16H32/c1-4-6-7-8-9-10-11-12-13-14-15-16(3)5-2/h3-15H2,1-2H3. The number of rotatable bonds is 12. The van der Waals surface area contributed by atoms with E-state index in [-0.39, 0.29) is 0 Å². The van der Waals surface area contributed by atoms with Crippen LogP contribution >= 0.6 is 0 Å². The Morgan fingerprint density at radius 1 is 0.688 bits per heavy atom. The third-order valence-corrected chi connectivity index (χ3v) is 3.38. The fourth-order valence-electron chi connectivity index (χ4n) is 2.04. The maximum absolute atomic E-state index is 4.05. The summed E-state index contributed by atoms with van der Waals surface area (Å²) < 4.78 is 0. The largest absolute Gasteiger partial charge is 0.0999 e. The molecule has 0 spiro atoms. The van der Waals surface area contributed by atoms with E-state index in [2.05, 4.69) is 20.4 Å². The molecule has 0 saturated carbocycles. The smallest absolute Gasteiger partial charge is 0.0323 e. The van der Waals surface area contributed by atoms with E-state index in [1.165, 1.54) is 76.2 Å². The molecule has 0 nitrogen and oxygen atoms in total. The maximum atomic E-state index is 4.05. The number of allylic oxidation sites excluding steroid dienone is 1. The Morgan fingerprint density at radius 3 is 1.56 bits per heavy atom. The SMILES string of the molecule is C=C(CC)CCCCCCCCCCCC. The first-order valence-electron chi connectivity index (χ1n) is 7.47. The van der Waals surface area contributed by atoms with E-state index in [1.807, 2.05) is 0 Å². The van der Waals surface area contributed by atoms with E-state index in [0.29, 0.717) is 0 Å². The van der Waals surface area contributed by atoms with Gasteiger partial charge in [0.15, 0.2) is 0 Å². The van der Waals surface area contributed by atoms with Crippen molar-refractivity contribution in [2.24, 2.45) is 0 Å². The normalized spacial score (nSPS) is 10.6. The van der Waals surface area contributed by atoms with Crippen LogP contribution in [0.25, 0.3) is 0 Å². The molecule has 0 heteroatoms. The van der Waals surface area contributed by atoms with E-state index in [0.717, 1.165) is 6.42 Å². The Hall–Kier alpha value is -0.260. The van der Waals surface area contributed by atoms with E-state index in [9.17, 15) is 0 Å². The number of hydrogen-bond acceptors (Lipinski definition) is 0. The molecule has 0 radical (unpaired) electrons. The van der Waals surface area contributed by atoms with Gasteiger partial charge in [-0.25, -0.2) is 0 Å². The van der Waals surface area contributed by atoms with E-state index < -0.39 is 0 Å². The van der Waals surface area contributed by atoms with Gasteiger partial charge < -0.3 is 0 Å². The van der Waals surface area contributed by atoms with Crippen LogP contribution in [0.2, 0.25) is 0 Å². The van der Waals surface area contributed by atoms with Gasteiger partial charge in [0.2, 0.25) is 0 Å². The zero-order chi connectivity index (χ0) is 12.1. The van der Waals surface area contributed by atoms with Crippen molar-refractivity contribution in [3.63, 3.8) is 0 Å². The molecule has 0 aromatic rings. The van der Waals surface area contributed by atoms with Crippen LogP contribution in [0.1, 0.15) is 90.9 Å². The van der Waals surface area contributed by atoms with Crippen molar-refractivity contribution in [1.82, 2.24) is 0 Å². The highest BCUT2D eigenvalue weighted by molar-refractivity contribution is 4.91. The minimum absolute atomic E-state index is 1.16. The third kappa shape index (κ3) is 11.8. The molecule has 0 aliphatic rings. The second-order valence-corrected chi connectivity index (χ2v) is 5.04. The summed E-state index contributed by atoms with van der Waals surface area (Å²) in [5, 5.41) is 0. The lowest BCUT2D eigenvalue weighted by atomic mass is 10.0. The van der Waals surface area contributed by atoms with Crippen molar-refractivity contribution >= 4 is 0 Å². The molecular weight excluding hydrogens is 192 g/mol. The molecule has 96 valence electrons. The van der Waals surface area contributed by atoms with Gasteiger partial charge >= 0.3 is 0 Å². The molecule has 0 atom stereocenters. The van der Waals surface area contributed by atoms with Gasteiger partial charge in [-0.1, -0.05) is 83.8 Å². The Morgan fingerprint density at radius 2 is 1.12 bits per heavy atom. The highest BCUT2D eigenvalue weighted by atomic mass is 14.0. The summed E-state index contributed by atoms with van der Waals surface area (Å²) in [4.78, 5) is 0. The Kier molecular flexibility index (Phi) is 12.6. The molecule has 0 fully saturated rings. The Balaban J connectivity index is 2.96. The maximum Gasteiger partial charge on any atom is -0.0323 e. The van der Waals surface area contributed by atoms with Crippen molar-refractivity contribution in [2.45, 2.75) is 90.9 Å². The molecule has 16 heavy (non-hydrogen) atoms. The Bertz CT molecular complexity index is 146. The highest BCUT2D eigenvalue weighted by Crippen LogP contribution is 2.13. The van der Waals surface area contributed by atoms with Crippen LogP contribution in [-0.4, -0.2) is 0 Å². The second-order valence-electron chi connectivity index (χ2n) is 5.04. The van der Waals surface area contributed by atoms with Crippen LogP contribution in [0.3, 0.4) is 0 Å². The zero-order valence-corrected chi connectivity index (χ0v) is 11.7. The molecule has 0 saturated heterocycles. The van der Waals surface area contributed by atoms with E-state index in [1.54, 1.807) is 0 Å². The molecule has 0 amide bonds. The molecule has 0 aliphatic carbocycles. The van der Waals surface area contributed by atoms with Crippen LogP contribution in [0.15, 0.2) is 12.2 Å². The van der Waals surface area contributed by atoms with Crippen LogP contribution in [0.5, 0.6) is 0 Å². The fraction of sp³-hybridized carbons (Fsp3) is 0.875. The molecule has 0 heterocycles. The van der Waals surface area contributed by atoms with Crippen molar-refractivity contribution in [2.75, 3.05) is 0 Å². The van der Waals surface area contributed by atoms with Crippen molar-refractivity contribution in [3.05, 3.63) is 12.2 Å². The molecule has 0 aliphatic heterocycles. The highest BCUT2D eigenvalue weighted by Gasteiger charge is 1.94. The van der Waals surface area contributed by atoms with Crippen LogP contribution < -0.4 is 0 Å². The Labute approximate surface area is 104 Å². The fourth-order valence-corrected chi connectivity index (χ4v) is 2.04. The molecule has 0 N–H and O–H groups in total. The van der Waals surface area contributed by atoms with Crippen molar-refractivity contribution in [3.8, 4) is 0 Å². The second kappa shape index (κ2) is 12.8. The summed E-state index contributed by atoms with van der Waals surface area (Å²) in [5.41, 5.74) is 1.43. The quantitative estimate of drug-likeness (QED) is 0.271. The average molecular weight is 224 g/mol. The molecule has 0 aromatic heterocycles. The third-order valence-electron chi connectivity index (χ3n) is 3.38. The van der Waals surface area contributed by atoms with Gasteiger partial charge in [0, 0.05) is 0 Å². The summed E-state index contributed by atoms with van der Waals surface area (Å²) in [6.07, 6.45) is 16.7. The molecule has 0 rings (SSSR count). The van der Waals surface area contributed by atoms with Gasteiger partial charge in [-0.15, -0.1) is 0 Å². The van der Waals surface area contributed by atoms with Crippen molar-refractivity contribution in [1.29, 1.82) is 0 Å².